The Morgan fingerprint density at radius 3 is 2.30 bits per heavy atom. The summed E-state index contributed by atoms with van der Waals surface area (Å²) < 4.78 is 18.2. The van der Waals surface area contributed by atoms with Crippen molar-refractivity contribution < 1.29 is 23.5 Å². The molecule has 2 aromatic rings. The molecule has 0 heterocycles. The molecular weight excluding hydrogens is 387 g/mol. The van der Waals surface area contributed by atoms with Crippen LogP contribution in [-0.2, 0) is 19.1 Å². The molecule has 2 amide bonds. The largest absolute Gasteiger partial charge is 0.455 e. The summed E-state index contributed by atoms with van der Waals surface area (Å²) in [4.78, 5) is 38.2. The summed E-state index contributed by atoms with van der Waals surface area (Å²) in [6.07, 6.45) is 0.784. The maximum atomic E-state index is 12.9. The Balaban J connectivity index is 1.88. The van der Waals surface area contributed by atoms with Gasteiger partial charge in [-0.2, -0.15) is 0 Å². The normalized spacial score (nSPS) is 12.5. The minimum atomic E-state index is -0.492. The highest BCUT2D eigenvalue weighted by atomic mass is 19.1. The van der Waals surface area contributed by atoms with Gasteiger partial charge in [-0.05, 0) is 35.7 Å². The Morgan fingerprint density at radius 1 is 1.07 bits per heavy atom. The third-order valence-corrected chi connectivity index (χ3v) is 4.90. The number of carbonyl (C=O) groups is 3. The van der Waals surface area contributed by atoms with Crippen LogP contribution >= 0.6 is 0 Å². The van der Waals surface area contributed by atoms with Gasteiger partial charge in [0.1, 0.15) is 5.82 Å². The lowest BCUT2D eigenvalue weighted by molar-refractivity contribution is -0.154. The van der Waals surface area contributed by atoms with E-state index < -0.39 is 36.1 Å². The number of anilines is 1. The summed E-state index contributed by atoms with van der Waals surface area (Å²) >= 11 is 0. The molecule has 0 aliphatic heterocycles. The van der Waals surface area contributed by atoms with Crippen molar-refractivity contribution in [2.75, 3.05) is 25.5 Å². The quantitative estimate of drug-likeness (QED) is 0.636. The summed E-state index contributed by atoms with van der Waals surface area (Å²) in [5, 5.41) is 2.57. The average molecular weight is 414 g/mol. The predicted octanol–water partition coefficient (Wildman–Crippen LogP) is 3.60. The maximum Gasteiger partial charge on any atom is 0.314 e. The molecule has 30 heavy (non-hydrogen) atoms. The van der Waals surface area contributed by atoms with Crippen molar-refractivity contribution in [3.63, 3.8) is 0 Å². The fraction of sp³-hybridized carbons (Fsp3) is 0.348. The van der Waals surface area contributed by atoms with Crippen molar-refractivity contribution in [1.82, 2.24) is 4.90 Å². The van der Waals surface area contributed by atoms with Crippen molar-refractivity contribution in [2.45, 2.75) is 26.2 Å². The number of hydrogen-bond donors (Lipinski definition) is 1. The zero-order valence-corrected chi connectivity index (χ0v) is 17.4. The number of nitrogens with one attached hydrogen (secondary N) is 1. The molecule has 7 heteroatoms. The Hall–Kier alpha value is -3.22. The number of halogens is 1. The van der Waals surface area contributed by atoms with Crippen molar-refractivity contribution in [1.29, 1.82) is 0 Å². The van der Waals surface area contributed by atoms with E-state index in [-0.39, 0.29) is 12.5 Å². The highest BCUT2D eigenvalue weighted by Crippen LogP contribution is 2.28. The first-order valence-electron chi connectivity index (χ1n) is 9.82. The Bertz CT molecular complexity index is 855. The monoisotopic (exact) mass is 414 g/mol. The van der Waals surface area contributed by atoms with Crippen molar-refractivity contribution in [3.8, 4) is 0 Å². The number of benzene rings is 2. The lowest BCUT2D eigenvalue weighted by atomic mass is 9.86. The fourth-order valence-corrected chi connectivity index (χ4v) is 2.96. The van der Waals surface area contributed by atoms with Gasteiger partial charge in [-0.15, -0.1) is 0 Å². The van der Waals surface area contributed by atoms with Crippen LogP contribution < -0.4 is 5.32 Å². The third kappa shape index (κ3) is 6.69. The molecule has 0 spiro atoms. The van der Waals surface area contributed by atoms with E-state index in [2.05, 4.69) is 5.32 Å². The zero-order valence-electron chi connectivity index (χ0n) is 17.4. The van der Waals surface area contributed by atoms with E-state index in [9.17, 15) is 18.8 Å². The number of likely N-dealkylation sites (N-methyl/N-ethyl adjacent to an activating group) is 1. The molecule has 0 unspecified atom stereocenters. The lowest BCUT2D eigenvalue weighted by Gasteiger charge is -2.22. The number of carbonyl (C=O) groups excluding carboxylic acids is 3. The number of rotatable bonds is 9. The van der Waals surface area contributed by atoms with E-state index in [0.29, 0.717) is 5.69 Å². The third-order valence-electron chi connectivity index (χ3n) is 4.90. The highest BCUT2D eigenvalue weighted by Gasteiger charge is 2.28. The van der Waals surface area contributed by atoms with Gasteiger partial charge in [0.05, 0.1) is 12.5 Å². The first-order valence-corrected chi connectivity index (χ1v) is 9.82. The first kappa shape index (κ1) is 23.1. The van der Waals surface area contributed by atoms with Crippen LogP contribution in [0.2, 0.25) is 0 Å². The van der Waals surface area contributed by atoms with Crippen LogP contribution in [0.1, 0.15) is 31.7 Å². The van der Waals surface area contributed by atoms with Crippen LogP contribution in [0.3, 0.4) is 0 Å². The Labute approximate surface area is 176 Å². The average Bonchev–Trinajstić information content (AvgIpc) is 2.74. The highest BCUT2D eigenvalue weighted by molar-refractivity contribution is 5.94. The van der Waals surface area contributed by atoms with Crippen LogP contribution in [0.15, 0.2) is 54.6 Å². The summed E-state index contributed by atoms with van der Waals surface area (Å²) in [6.45, 7) is 3.29. The van der Waals surface area contributed by atoms with Crippen molar-refractivity contribution in [2.24, 2.45) is 5.92 Å². The van der Waals surface area contributed by atoms with Crippen LogP contribution in [0, 0.1) is 11.7 Å². The molecule has 0 fully saturated rings. The van der Waals surface area contributed by atoms with E-state index in [4.69, 9.17) is 4.74 Å². The zero-order chi connectivity index (χ0) is 22.1. The van der Waals surface area contributed by atoms with E-state index in [0.717, 1.165) is 12.0 Å². The molecule has 2 atom stereocenters. The van der Waals surface area contributed by atoms with Gasteiger partial charge in [0.2, 0.25) is 5.91 Å². The summed E-state index contributed by atoms with van der Waals surface area (Å²) in [5.41, 5.74) is 1.27. The second-order valence-electron chi connectivity index (χ2n) is 7.19. The summed E-state index contributed by atoms with van der Waals surface area (Å²) in [5.74, 6) is -2.22. The number of amides is 2. The molecule has 0 saturated carbocycles. The van der Waals surface area contributed by atoms with E-state index in [1.165, 1.54) is 36.2 Å². The SMILES string of the molecule is CC[C@H](C)[C@@H](C(=O)OCC(=O)N(C)CC(=O)Nc1ccc(F)cc1)c1ccccc1. The van der Waals surface area contributed by atoms with E-state index in [1.54, 1.807) is 0 Å². The molecule has 2 aromatic carbocycles. The van der Waals surface area contributed by atoms with Gasteiger partial charge in [-0.3, -0.25) is 14.4 Å². The number of ether oxygens (including phenoxy) is 1. The van der Waals surface area contributed by atoms with Gasteiger partial charge in [0.15, 0.2) is 6.61 Å². The summed E-state index contributed by atoms with van der Waals surface area (Å²) in [7, 11) is 1.45. The van der Waals surface area contributed by atoms with Crippen molar-refractivity contribution in [3.05, 3.63) is 66.0 Å². The molecule has 0 aromatic heterocycles. The molecule has 0 aliphatic carbocycles. The Morgan fingerprint density at radius 2 is 1.70 bits per heavy atom. The molecule has 0 aliphatic rings. The second-order valence-corrected chi connectivity index (χ2v) is 7.19. The van der Waals surface area contributed by atoms with Crippen LogP contribution in [0.4, 0.5) is 10.1 Å². The first-order chi connectivity index (χ1) is 14.3. The van der Waals surface area contributed by atoms with Crippen LogP contribution in [0.5, 0.6) is 0 Å². The number of hydrogen-bond acceptors (Lipinski definition) is 4. The molecule has 0 bridgehead atoms. The fourth-order valence-electron chi connectivity index (χ4n) is 2.96. The minimum Gasteiger partial charge on any atom is -0.455 e. The number of nitrogens with zero attached hydrogens (tertiary/aromatic N) is 1. The van der Waals surface area contributed by atoms with Gasteiger partial charge in [0, 0.05) is 12.7 Å². The van der Waals surface area contributed by atoms with Crippen molar-refractivity contribution >= 4 is 23.5 Å². The standard InChI is InChI=1S/C23H27FN2O4/c1-4-16(2)22(17-8-6-5-7-9-17)23(29)30-15-21(28)26(3)14-20(27)25-19-12-10-18(24)11-13-19/h5-13,16,22H,4,14-15H2,1-3H3,(H,25,27)/t16-,22+/m0/s1. The molecule has 0 radical (unpaired) electrons. The van der Waals surface area contributed by atoms with Gasteiger partial charge < -0.3 is 15.0 Å². The van der Waals surface area contributed by atoms with Gasteiger partial charge >= 0.3 is 5.97 Å². The molecular formula is C23H27FN2O4. The summed E-state index contributed by atoms with van der Waals surface area (Å²) in [6, 6.07) is 14.6. The van der Waals surface area contributed by atoms with Crippen LogP contribution in [-0.4, -0.2) is 42.9 Å². The molecule has 0 saturated heterocycles. The molecule has 2 rings (SSSR count). The maximum absolute atomic E-state index is 12.9. The number of esters is 1. The molecule has 6 nitrogen and oxygen atoms in total. The minimum absolute atomic E-state index is 0.0502. The van der Waals surface area contributed by atoms with Gasteiger partial charge in [0.25, 0.3) is 5.91 Å². The van der Waals surface area contributed by atoms with E-state index in [1.807, 2.05) is 44.2 Å². The smallest absolute Gasteiger partial charge is 0.314 e. The van der Waals surface area contributed by atoms with E-state index >= 15 is 0 Å². The van der Waals surface area contributed by atoms with Crippen LogP contribution in [0.25, 0.3) is 0 Å². The molecule has 160 valence electrons. The lowest BCUT2D eigenvalue weighted by Crippen LogP contribution is -2.38. The van der Waals surface area contributed by atoms with Gasteiger partial charge in [-0.25, -0.2) is 4.39 Å². The predicted molar refractivity (Wildman–Crippen MR) is 112 cm³/mol. The second kappa shape index (κ2) is 11.1. The molecule has 1 N–H and O–H groups in total. The Kier molecular flexibility index (Phi) is 8.53. The van der Waals surface area contributed by atoms with Gasteiger partial charge in [-0.1, -0.05) is 50.6 Å². The topological polar surface area (TPSA) is 75.7 Å².